The van der Waals surface area contributed by atoms with E-state index in [2.05, 4.69) is 10.1 Å². The zero-order chi connectivity index (χ0) is 17.1. The Labute approximate surface area is 146 Å². The third-order valence-corrected chi connectivity index (χ3v) is 3.82. The number of methoxy groups -OCH3 is 1. The molecular formula is C15H9Cl3FNO3. The van der Waals surface area contributed by atoms with Crippen LogP contribution in [0.25, 0.3) is 0 Å². The molecule has 0 aliphatic carbocycles. The highest BCUT2D eigenvalue weighted by atomic mass is 35.5. The highest BCUT2D eigenvalue weighted by Gasteiger charge is 2.16. The Balaban J connectivity index is 2.34. The summed E-state index contributed by atoms with van der Waals surface area (Å²) in [6.07, 6.45) is 0. The van der Waals surface area contributed by atoms with Crippen molar-refractivity contribution >= 4 is 52.4 Å². The van der Waals surface area contributed by atoms with Gasteiger partial charge in [0.15, 0.2) is 0 Å². The lowest BCUT2D eigenvalue weighted by atomic mass is 10.1. The van der Waals surface area contributed by atoms with Crippen LogP contribution in [0.15, 0.2) is 30.3 Å². The van der Waals surface area contributed by atoms with E-state index in [0.717, 1.165) is 12.1 Å². The first kappa shape index (κ1) is 17.5. The number of carbonyl (C=O) groups excluding carboxylic acids is 2. The lowest BCUT2D eigenvalue weighted by Gasteiger charge is -2.10. The molecule has 0 radical (unpaired) electrons. The van der Waals surface area contributed by atoms with Crippen LogP contribution in [0.4, 0.5) is 10.1 Å². The Morgan fingerprint density at radius 3 is 2.39 bits per heavy atom. The van der Waals surface area contributed by atoms with Gasteiger partial charge in [-0.1, -0.05) is 34.8 Å². The number of esters is 1. The fraction of sp³-hybridized carbons (Fsp3) is 0.0667. The van der Waals surface area contributed by atoms with Gasteiger partial charge in [0, 0.05) is 0 Å². The van der Waals surface area contributed by atoms with E-state index in [1.807, 2.05) is 0 Å². The van der Waals surface area contributed by atoms with E-state index in [1.54, 1.807) is 0 Å². The number of amides is 1. The van der Waals surface area contributed by atoms with Crippen LogP contribution in [0.2, 0.25) is 15.1 Å². The molecule has 0 unspecified atom stereocenters. The van der Waals surface area contributed by atoms with E-state index in [9.17, 15) is 14.0 Å². The van der Waals surface area contributed by atoms with Crippen LogP contribution in [0.3, 0.4) is 0 Å². The maximum atomic E-state index is 13.5. The normalized spacial score (nSPS) is 10.3. The van der Waals surface area contributed by atoms with Crippen LogP contribution in [0.5, 0.6) is 0 Å². The quantitative estimate of drug-likeness (QED) is 0.617. The Morgan fingerprint density at radius 1 is 1.04 bits per heavy atom. The van der Waals surface area contributed by atoms with Crippen molar-refractivity contribution in [2.24, 2.45) is 0 Å². The average Bonchev–Trinajstić information content (AvgIpc) is 2.52. The molecule has 0 aromatic heterocycles. The Hall–Kier alpha value is -1.82. The Kier molecular flexibility index (Phi) is 5.46. The fourth-order valence-electron chi connectivity index (χ4n) is 1.75. The summed E-state index contributed by atoms with van der Waals surface area (Å²) in [5, 5.41) is 2.44. The standard InChI is InChI=1S/C15H9Cl3FNO3/c1-23-15(22)7-2-3-9(16)13(4-7)20-14(21)8-5-12(19)11(18)6-10(8)17/h2-6H,1H3,(H,20,21). The molecule has 2 aromatic carbocycles. The number of anilines is 1. The van der Waals surface area contributed by atoms with Crippen LogP contribution < -0.4 is 5.32 Å². The molecule has 2 aromatic rings. The van der Waals surface area contributed by atoms with E-state index < -0.39 is 17.7 Å². The molecule has 2 rings (SSSR count). The number of benzene rings is 2. The van der Waals surface area contributed by atoms with Crippen molar-refractivity contribution in [3.05, 3.63) is 62.3 Å². The number of hydrogen-bond donors (Lipinski definition) is 1. The first-order valence-electron chi connectivity index (χ1n) is 6.17. The predicted molar refractivity (Wildman–Crippen MR) is 87.2 cm³/mol. The van der Waals surface area contributed by atoms with Crippen molar-refractivity contribution < 1.29 is 18.7 Å². The van der Waals surface area contributed by atoms with E-state index >= 15 is 0 Å². The predicted octanol–water partition coefficient (Wildman–Crippen LogP) is 4.82. The summed E-state index contributed by atoms with van der Waals surface area (Å²) in [5.74, 6) is -2.07. The summed E-state index contributed by atoms with van der Waals surface area (Å²) < 4.78 is 18.1. The zero-order valence-electron chi connectivity index (χ0n) is 11.6. The third kappa shape index (κ3) is 3.93. The smallest absolute Gasteiger partial charge is 0.337 e. The molecule has 0 aliphatic rings. The second-order valence-electron chi connectivity index (χ2n) is 4.39. The first-order valence-corrected chi connectivity index (χ1v) is 7.30. The van der Waals surface area contributed by atoms with E-state index in [0.29, 0.717) is 0 Å². The van der Waals surface area contributed by atoms with Gasteiger partial charge in [-0.3, -0.25) is 4.79 Å². The number of ether oxygens (including phenoxy) is 1. The lowest BCUT2D eigenvalue weighted by molar-refractivity contribution is 0.0600. The van der Waals surface area contributed by atoms with E-state index in [4.69, 9.17) is 34.8 Å². The topological polar surface area (TPSA) is 55.4 Å². The van der Waals surface area contributed by atoms with Gasteiger partial charge in [0.25, 0.3) is 5.91 Å². The summed E-state index contributed by atoms with van der Waals surface area (Å²) in [5.41, 5.74) is 0.236. The molecule has 0 bridgehead atoms. The van der Waals surface area contributed by atoms with Crippen molar-refractivity contribution in [2.75, 3.05) is 12.4 Å². The molecule has 120 valence electrons. The Bertz CT molecular complexity index is 796. The first-order chi connectivity index (χ1) is 10.8. The summed E-state index contributed by atoms with van der Waals surface area (Å²) in [6.45, 7) is 0. The van der Waals surface area contributed by atoms with Crippen LogP contribution >= 0.6 is 34.8 Å². The highest BCUT2D eigenvalue weighted by molar-refractivity contribution is 6.38. The van der Waals surface area contributed by atoms with Crippen molar-refractivity contribution in [3.8, 4) is 0 Å². The molecule has 0 fully saturated rings. The molecule has 4 nitrogen and oxygen atoms in total. The SMILES string of the molecule is COC(=O)c1ccc(Cl)c(NC(=O)c2cc(F)c(Cl)cc2Cl)c1. The molecule has 0 aliphatic heterocycles. The minimum Gasteiger partial charge on any atom is -0.465 e. The van der Waals surface area contributed by atoms with Crippen molar-refractivity contribution in [2.45, 2.75) is 0 Å². The molecule has 0 heterocycles. The van der Waals surface area contributed by atoms with Gasteiger partial charge >= 0.3 is 5.97 Å². The van der Waals surface area contributed by atoms with Crippen LogP contribution in [-0.2, 0) is 4.74 Å². The highest BCUT2D eigenvalue weighted by Crippen LogP contribution is 2.27. The third-order valence-electron chi connectivity index (χ3n) is 2.89. The van der Waals surface area contributed by atoms with E-state index in [1.165, 1.54) is 25.3 Å². The minimum atomic E-state index is -0.782. The zero-order valence-corrected chi connectivity index (χ0v) is 13.9. The summed E-state index contributed by atoms with van der Waals surface area (Å²) in [6, 6.07) is 6.25. The fourth-order valence-corrected chi connectivity index (χ4v) is 2.39. The van der Waals surface area contributed by atoms with Crippen LogP contribution in [-0.4, -0.2) is 19.0 Å². The van der Waals surface area contributed by atoms with Crippen LogP contribution in [0, 0.1) is 5.82 Å². The molecule has 1 N–H and O–H groups in total. The number of halogens is 4. The van der Waals surface area contributed by atoms with Crippen molar-refractivity contribution in [3.63, 3.8) is 0 Å². The molecule has 0 spiro atoms. The Morgan fingerprint density at radius 2 is 1.74 bits per heavy atom. The van der Waals surface area contributed by atoms with Gasteiger partial charge in [0.1, 0.15) is 5.82 Å². The van der Waals surface area contributed by atoms with Gasteiger partial charge in [-0.2, -0.15) is 0 Å². The molecule has 1 amide bonds. The molecule has 0 saturated heterocycles. The largest absolute Gasteiger partial charge is 0.465 e. The monoisotopic (exact) mass is 375 g/mol. The van der Waals surface area contributed by atoms with Gasteiger partial charge in [-0.05, 0) is 30.3 Å². The molecule has 8 heteroatoms. The second-order valence-corrected chi connectivity index (χ2v) is 5.61. The molecule has 0 saturated carbocycles. The molecule has 23 heavy (non-hydrogen) atoms. The number of nitrogens with one attached hydrogen (secondary N) is 1. The maximum absolute atomic E-state index is 13.5. The van der Waals surface area contributed by atoms with Crippen LogP contribution in [0.1, 0.15) is 20.7 Å². The molecule has 0 atom stereocenters. The van der Waals surface area contributed by atoms with Gasteiger partial charge in [0.2, 0.25) is 0 Å². The number of rotatable bonds is 3. The number of carbonyl (C=O) groups is 2. The second kappa shape index (κ2) is 7.17. The summed E-state index contributed by atoms with van der Waals surface area (Å²) in [7, 11) is 1.23. The van der Waals surface area contributed by atoms with Gasteiger partial charge in [0.05, 0.1) is 39.0 Å². The lowest BCUT2D eigenvalue weighted by Crippen LogP contribution is -2.14. The van der Waals surface area contributed by atoms with Crippen molar-refractivity contribution in [1.82, 2.24) is 0 Å². The maximum Gasteiger partial charge on any atom is 0.337 e. The van der Waals surface area contributed by atoms with Gasteiger partial charge in [-0.25, -0.2) is 9.18 Å². The molecular weight excluding hydrogens is 368 g/mol. The van der Waals surface area contributed by atoms with Gasteiger partial charge in [-0.15, -0.1) is 0 Å². The summed E-state index contributed by atoms with van der Waals surface area (Å²) in [4.78, 5) is 23.7. The van der Waals surface area contributed by atoms with Crippen molar-refractivity contribution in [1.29, 1.82) is 0 Å². The summed E-state index contributed by atoms with van der Waals surface area (Å²) >= 11 is 17.4. The average molecular weight is 377 g/mol. The minimum absolute atomic E-state index is 0.0193. The van der Waals surface area contributed by atoms with Gasteiger partial charge < -0.3 is 10.1 Å². The number of hydrogen-bond acceptors (Lipinski definition) is 3. The van der Waals surface area contributed by atoms with E-state index in [-0.39, 0.29) is 31.9 Å².